The minimum Gasteiger partial charge on any atom is -0.434 e. The van der Waals surface area contributed by atoms with E-state index in [0.717, 1.165) is 11.8 Å². The summed E-state index contributed by atoms with van der Waals surface area (Å²) >= 11 is 5.94. The van der Waals surface area contributed by atoms with Gasteiger partial charge in [0.1, 0.15) is 11.5 Å². The van der Waals surface area contributed by atoms with Crippen molar-refractivity contribution in [2.24, 2.45) is 0 Å². The van der Waals surface area contributed by atoms with Crippen LogP contribution in [0.5, 0.6) is 5.75 Å². The number of sulfonamides is 1. The number of aromatic nitrogens is 1. The van der Waals surface area contributed by atoms with Crippen LogP contribution in [0, 0.1) is 6.92 Å². The highest BCUT2D eigenvalue weighted by molar-refractivity contribution is 7.89. The first-order valence-corrected chi connectivity index (χ1v) is 12.3. The zero-order valence-electron chi connectivity index (χ0n) is 18.3. The Morgan fingerprint density at radius 2 is 1.88 bits per heavy atom. The summed E-state index contributed by atoms with van der Waals surface area (Å²) < 4.78 is 60.7. The highest BCUT2D eigenvalue weighted by Crippen LogP contribution is 2.26. The van der Waals surface area contributed by atoms with Gasteiger partial charge in [-0.05, 0) is 37.1 Å². The predicted octanol–water partition coefficient (Wildman–Crippen LogP) is 4.18. The van der Waals surface area contributed by atoms with Gasteiger partial charge in [0.25, 0.3) is 11.9 Å². The molecule has 3 aromatic rings. The van der Waals surface area contributed by atoms with E-state index in [1.54, 1.807) is 35.2 Å². The number of hydrogen-bond acceptors (Lipinski definition) is 7. The molecule has 8 nitrogen and oxygen atoms in total. The van der Waals surface area contributed by atoms with Gasteiger partial charge in [0.05, 0.1) is 12.8 Å². The second-order valence-corrected chi connectivity index (χ2v) is 9.57. The third kappa shape index (κ3) is 7.16. The highest BCUT2D eigenvalue weighted by atomic mass is 35.5. The maximum atomic E-state index is 12.9. The number of rotatable bonds is 10. The van der Waals surface area contributed by atoms with Crippen LogP contribution in [0.15, 0.2) is 52.9 Å². The molecular weight excluding hydrogens is 492 g/mol. The molecule has 0 radical (unpaired) electrons. The van der Waals surface area contributed by atoms with Crippen LogP contribution >= 0.6 is 11.6 Å². The molecule has 0 saturated carbocycles. The summed E-state index contributed by atoms with van der Waals surface area (Å²) in [5.74, 6) is -0.842. The molecule has 0 fully saturated rings. The Morgan fingerprint density at radius 3 is 2.53 bits per heavy atom. The van der Waals surface area contributed by atoms with E-state index in [4.69, 9.17) is 16.0 Å². The number of anilines is 1. The number of nitrogens with zero attached hydrogens (tertiary/aromatic N) is 2. The molecular formula is C22H22ClF2N3O5S. The van der Waals surface area contributed by atoms with Crippen LogP contribution in [0.4, 0.5) is 14.8 Å². The van der Waals surface area contributed by atoms with Crippen LogP contribution in [0.25, 0.3) is 0 Å². The number of para-hydroxylation sites is 1. The van der Waals surface area contributed by atoms with Gasteiger partial charge in [0.15, 0.2) is 5.69 Å². The second-order valence-electron chi connectivity index (χ2n) is 7.39. The minimum absolute atomic E-state index is 0.00712. The fourth-order valence-electron chi connectivity index (χ4n) is 3.15. The summed E-state index contributed by atoms with van der Waals surface area (Å²) in [6, 6.07) is 13.5. The van der Waals surface area contributed by atoms with Gasteiger partial charge in [-0.1, -0.05) is 41.9 Å². The average molecular weight is 514 g/mol. The number of halogens is 3. The molecule has 182 valence electrons. The number of alkyl halides is 2. The number of carbonyl (C=O) groups excluding carboxylic acids is 1. The van der Waals surface area contributed by atoms with Gasteiger partial charge in [-0.25, -0.2) is 13.1 Å². The lowest BCUT2D eigenvalue weighted by Gasteiger charge is -2.22. The molecule has 3 rings (SSSR count). The molecule has 0 aliphatic rings. The van der Waals surface area contributed by atoms with E-state index >= 15 is 0 Å². The zero-order valence-corrected chi connectivity index (χ0v) is 19.9. The van der Waals surface area contributed by atoms with Crippen LogP contribution in [-0.2, 0) is 23.0 Å². The molecule has 0 spiro atoms. The maximum Gasteiger partial charge on any atom is 0.387 e. The largest absolute Gasteiger partial charge is 0.434 e. The topological polar surface area (TPSA) is 102 Å². The quantitative estimate of drug-likeness (QED) is 0.434. The lowest BCUT2D eigenvalue weighted by atomic mass is 10.1. The van der Waals surface area contributed by atoms with Crippen LogP contribution < -0.4 is 14.4 Å². The first-order valence-electron chi connectivity index (χ1n) is 10.0. The van der Waals surface area contributed by atoms with Crippen LogP contribution in [0.2, 0.25) is 5.02 Å². The fourth-order valence-corrected chi connectivity index (χ4v) is 3.71. The second kappa shape index (κ2) is 10.8. The van der Waals surface area contributed by atoms with Crippen molar-refractivity contribution >= 4 is 33.5 Å². The summed E-state index contributed by atoms with van der Waals surface area (Å²) in [6.45, 7) is -1.13. The average Bonchev–Trinajstić information content (AvgIpc) is 3.13. The van der Waals surface area contributed by atoms with Gasteiger partial charge in [0.2, 0.25) is 10.0 Å². The Kier molecular flexibility index (Phi) is 8.11. The monoisotopic (exact) mass is 513 g/mol. The molecule has 1 N–H and O–H groups in total. The lowest BCUT2D eigenvalue weighted by molar-refractivity contribution is -0.0504. The minimum atomic E-state index is -3.81. The molecule has 34 heavy (non-hydrogen) atoms. The number of carbonyl (C=O) groups is 1. The molecule has 12 heteroatoms. The number of ether oxygens (including phenoxy) is 1. The van der Waals surface area contributed by atoms with Gasteiger partial charge in [-0.15, -0.1) is 0 Å². The number of oxazole rings is 1. The van der Waals surface area contributed by atoms with Crippen molar-refractivity contribution < 1.29 is 31.1 Å². The van der Waals surface area contributed by atoms with Gasteiger partial charge in [0, 0.05) is 17.1 Å². The van der Waals surface area contributed by atoms with E-state index in [1.165, 1.54) is 13.0 Å². The van der Waals surface area contributed by atoms with Gasteiger partial charge >= 0.3 is 6.61 Å². The SMILES string of the molecule is Cc1oc(N(CCc2ccc(Cl)cc2)Cc2ccccc2OC(F)F)nc1C(=O)NS(C)(=O)=O. The maximum absolute atomic E-state index is 12.9. The molecule has 0 aliphatic carbocycles. The highest BCUT2D eigenvalue weighted by Gasteiger charge is 2.24. The van der Waals surface area contributed by atoms with E-state index in [9.17, 15) is 22.0 Å². The Balaban J connectivity index is 1.91. The summed E-state index contributed by atoms with van der Waals surface area (Å²) in [5, 5.41) is 0.587. The van der Waals surface area contributed by atoms with Crippen molar-refractivity contribution in [2.75, 3.05) is 17.7 Å². The molecule has 0 aliphatic heterocycles. The van der Waals surface area contributed by atoms with Crippen molar-refractivity contribution in [1.82, 2.24) is 9.71 Å². The normalized spacial score (nSPS) is 11.5. The fraction of sp³-hybridized carbons (Fsp3) is 0.273. The number of benzene rings is 2. The van der Waals surface area contributed by atoms with Gasteiger partial charge < -0.3 is 14.1 Å². The van der Waals surface area contributed by atoms with Crippen LogP contribution in [0.1, 0.15) is 27.4 Å². The first-order chi connectivity index (χ1) is 16.0. The van der Waals surface area contributed by atoms with Crippen LogP contribution in [0.3, 0.4) is 0 Å². The van der Waals surface area contributed by atoms with Gasteiger partial charge in [-0.3, -0.25) is 4.79 Å². The van der Waals surface area contributed by atoms with E-state index in [2.05, 4.69) is 9.72 Å². The Morgan fingerprint density at radius 1 is 1.21 bits per heavy atom. The predicted molar refractivity (Wildman–Crippen MR) is 123 cm³/mol. The number of nitrogens with one attached hydrogen (secondary N) is 1. The molecule has 1 heterocycles. The molecule has 0 bridgehead atoms. The summed E-state index contributed by atoms with van der Waals surface area (Å²) in [7, 11) is -3.81. The molecule has 0 unspecified atom stereocenters. The third-order valence-corrected chi connectivity index (χ3v) is 5.49. The van der Waals surface area contributed by atoms with E-state index in [1.807, 2.05) is 16.9 Å². The Bertz CT molecular complexity index is 1250. The van der Waals surface area contributed by atoms with Gasteiger partial charge in [-0.2, -0.15) is 13.8 Å². The van der Waals surface area contributed by atoms with Crippen molar-refractivity contribution in [3.63, 3.8) is 0 Å². The molecule has 0 atom stereocenters. The Hall–Kier alpha value is -3.18. The van der Waals surface area contributed by atoms with E-state index in [0.29, 0.717) is 23.6 Å². The molecule has 0 saturated heterocycles. The number of hydrogen-bond donors (Lipinski definition) is 1. The van der Waals surface area contributed by atoms with E-state index in [-0.39, 0.29) is 29.8 Å². The van der Waals surface area contributed by atoms with Crippen molar-refractivity contribution in [3.05, 3.63) is 76.1 Å². The Labute approximate surface area is 200 Å². The molecule has 2 aromatic carbocycles. The lowest BCUT2D eigenvalue weighted by Crippen LogP contribution is -2.30. The smallest absolute Gasteiger partial charge is 0.387 e. The number of aryl methyl sites for hydroxylation is 1. The summed E-state index contributed by atoms with van der Waals surface area (Å²) in [4.78, 5) is 18.1. The van der Waals surface area contributed by atoms with Crippen molar-refractivity contribution in [3.8, 4) is 5.75 Å². The first kappa shape index (κ1) is 25.4. The van der Waals surface area contributed by atoms with Crippen molar-refractivity contribution in [2.45, 2.75) is 26.5 Å². The third-order valence-electron chi connectivity index (χ3n) is 4.68. The van der Waals surface area contributed by atoms with Crippen LogP contribution in [-0.4, -0.2) is 38.7 Å². The van der Waals surface area contributed by atoms with Crippen molar-refractivity contribution in [1.29, 1.82) is 0 Å². The number of amides is 1. The van der Waals surface area contributed by atoms with E-state index < -0.39 is 22.5 Å². The standard InChI is InChI=1S/C22H22ClF2N3O5S/c1-14-19(20(29)27-34(2,30)31)26-22(32-14)28(12-11-15-7-9-17(23)10-8-15)13-16-5-3-4-6-18(16)33-21(24)25/h3-10,21H,11-13H2,1-2H3,(H,27,29). The zero-order chi connectivity index (χ0) is 24.9. The summed E-state index contributed by atoms with van der Waals surface area (Å²) in [5.41, 5.74) is 1.19. The molecule has 1 aromatic heterocycles. The summed E-state index contributed by atoms with van der Waals surface area (Å²) in [6.07, 6.45) is 1.36. The molecule has 1 amide bonds.